The number of aryl methyl sites for hydroxylation is 1. The summed E-state index contributed by atoms with van der Waals surface area (Å²) < 4.78 is 3.48. The molecule has 3 nitrogen and oxygen atoms in total. The summed E-state index contributed by atoms with van der Waals surface area (Å²) in [6.45, 7) is 1.77. The van der Waals surface area contributed by atoms with Crippen molar-refractivity contribution in [1.29, 1.82) is 0 Å². The van der Waals surface area contributed by atoms with Crippen LogP contribution < -0.4 is 5.73 Å². The predicted octanol–water partition coefficient (Wildman–Crippen LogP) is 3.15. The van der Waals surface area contributed by atoms with Crippen LogP contribution in [0, 0.1) is 0 Å². The molecule has 4 heteroatoms. The van der Waals surface area contributed by atoms with Gasteiger partial charge in [-0.05, 0) is 31.5 Å². The first kappa shape index (κ1) is 12.9. The monoisotopic (exact) mass is 319 g/mol. The minimum absolute atomic E-state index is 0.675. The molecule has 0 fully saturated rings. The molecule has 0 amide bonds. The predicted molar refractivity (Wildman–Crippen MR) is 81.1 cm³/mol. The van der Waals surface area contributed by atoms with E-state index in [1.165, 1.54) is 29.9 Å². The molecule has 0 radical (unpaired) electrons. The van der Waals surface area contributed by atoms with E-state index >= 15 is 0 Å². The molecule has 0 saturated carbocycles. The van der Waals surface area contributed by atoms with Gasteiger partial charge in [-0.15, -0.1) is 0 Å². The summed E-state index contributed by atoms with van der Waals surface area (Å²) in [6, 6.07) is 8.39. The van der Waals surface area contributed by atoms with Gasteiger partial charge in [0.2, 0.25) is 0 Å². The van der Waals surface area contributed by atoms with Crippen LogP contribution in [0.5, 0.6) is 0 Å². The number of hydrogen-bond acceptors (Lipinski definition) is 2. The van der Waals surface area contributed by atoms with Gasteiger partial charge >= 0.3 is 0 Å². The number of hydrogen-bond donors (Lipinski definition) is 1. The molecule has 1 aromatic heterocycles. The summed E-state index contributed by atoms with van der Waals surface area (Å²) in [4.78, 5) is 4.86. The van der Waals surface area contributed by atoms with Crippen molar-refractivity contribution < 1.29 is 0 Å². The van der Waals surface area contributed by atoms with E-state index in [1.807, 2.05) is 0 Å². The van der Waals surface area contributed by atoms with Gasteiger partial charge in [0.05, 0.1) is 5.69 Å². The second kappa shape index (κ2) is 5.47. The molecule has 1 aliphatic heterocycles. The lowest BCUT2D eigenvalue weighted by Crippen LogP contribution is -2.15. The first-order valence-electron chi connectivity index (χ1n) is 6.84. The topological polar surface area (TPSA) is 43.8 Å². The molecule has 2 N–H and O–H groups in total. The molecule has 0 bridgehead atoms. The molecular weight excluding hydrogens is 302 g/mol. The van der Waals surface area contributed by atoms with E-state index in [0.29, 0.717) is 6.54 Å². The van der Waals surface area contributed by atoms with Gasteiger partial charge < -0.3 is 10.3 Å². The number of nitrogens with two attached hydrogens (primary N) is 1. The summed E-state index contributed by atoms with van der Waals surface area (Å²) in [6.07, 6.45) is 4.49. The summed E-state index contributed by atoms with van der Waals surface area (Å²) in [5.74, 6) is 1.23. The van der Waals surface area contributed by atoms with E-state index in [0.717, 1.165) is 29.6 Å². The van der Waals surface area contributed by atoms with Crippen molar-refractivity contribution in [1.82, 2.24) is 9.55 Å². The van der Waals surface area contributed by atoms with Gasteiger partial charge in [-0.3, -0.25) is 0 Å². The highest BCUT2D eigenvalue weighted by molar-refractivity contribution is 9.10. The Labute approximate surface area is 122 Å². The van der Waals surface area contributed by atoms with Gasteiger partial charge in [0.1, 0.15) is 5.82 Å². The van der Waals surface area contributed by atoms with Crippen molar-refractivity contribution >= 4 is 15.9 Å². The maximum Gasteiger partial charge on any atom is 0.109 e. The fraction of sp³-hybridized carbons (Fsp3) is 0.400. The third-order valence-electron chi connectivity index (χ3n) is 3.68. The van der Waals surface area contributed by atoms with Crippen molar-refractivity contribution in [3.63, 3.8) is 0 Å². The summed E-state index contributed by atoms with van der Waals surface area (Å²) in [7, 11) is 0. The Morgan fingerprint density at radius 3 is 2.74 bits per heavy atom. The van der Waals surface area contributed by atoms with Crippen molar-refractivity contribution in [3.8, 4) is 11.3 Å². The molecule has 3 rings (SSSR count). The first-order valence-corrected chi connectivity index (χ1v) is 7.63. The van der Waals surface area contributed by atoms with Crippen molar-refractivity contribution in [2.75, 3.05) is 6.54 Å². The van der Waals surface area contributed by atoms with Crippen LogP contribution in [0.25, 0.3) is 11.3 Å². The molecule has 0 saturated heterocycles. The molecule has 0 aliphatic carbocycles. The minimum atomic E-state index is 0.675. The summed E-state index contributed by atoms with van der Waals surface area (Å²) in [5.41, 5.74) is 9.39. The molecule has 0 spiro atoms. The zero-order chi connectivity index (χ0) is 13.2. The van der Waals surface area contributed by atoms with Gasteiger partial charge in [0, 0.05) is 35.1 Å². The van der Waals surface area contributed by atoms with Crippen LogP contribution in [0.15, 0.2) is 28.7 Å². The highest BCUT2D eigenvalue weighted by Gasteiger charge is 2.19. The lowest BCUT2D eigenvalue weighted by Gasteiger charge is -2.16. The van der Waals surface area contributed by atoms with Crippen LogP contribution in [0.2, 0.25) is 0 Å². The second-order valence-electron chi connectivity index (χ2n) is 4.98. The van der Waals surface area contributed by atoms with Crippen molar-refractivity contribution in [3.05, 3.63) is 40.3 Å². The summed E-state index contributed by atoms with van der Waals surface area (Å²) >= 11 is 3.48. The number of benzene rings is 1. The molecule has 1 aliphatic rings. The third kappa shape index (κ3) is 2.47. The van der Waals surface area contributed by atoms with Crippen molar-refractivity contribution in [2.24, 2.45) is 5.73 Å². The van der Waals surface area contributed by atoms with E-state index in [4.69, 9.17) is 10.7 Å². The molecular formula is C15H18BrN3. The number of fused-ring (bicyclic) bond motifs is 1. The zero-order valence-corrected chi connectivity index (χ0v) is 12.5. The Morgan fingerprint density at radius 1 is 1.21 bits per heavy atom. The first-order chi connectivity index (χ1) is 9.29. The molecule has 100 valence electrons. The highest BCUT2D eigenvalue weighted by Crippen LogP contribution is 2.28. The zero-order valence-electron chi connectivity index (χ0n) is 10.9. The van der Waals surface area contributed by atoms with Crippen LogP contribution in [-0.2, 0) is 19.4 Å². The van der Waals surface area contributed by atoms with Crippen LogP contribution in [-0.4, -0.2) is 16.1 Å². The van der Waals surface area contributed by atoms with Gasteiger partial charge in [0.15, 0.2) is 0 Å². The average Bonchev–Trinajstić information content (AvgIpc) is 2.79. The minimum Gasteiger partial charge on any atom is -0.331 e. The largest absolute Gasteiger partial charge is 0.331 e. The van der Waals surface area contributed by atoms with Gasteiger partial charge in [0.25, 0.3) is 0 Å². The van der Waals surface area contributed by atoms with Crippen molar-refractivity contribution in [2.45, 2.75) is 32.2 Å². The maximum absolute atomic E-state index is 5.78. The molecule has 0 atom stereocenters. The highest BCUT2D eigenvalue weighted by atomic mass is 79.9. The Morgan fingerprint density at radius 2 is 2.00 bits per heavy atom. The van der Waals surface area contributed by atoms with Crippen LogP contribution >= 0.6 is 15.9 Å². The number of aromatic nitrogens is 2. The number of imidazole rings is 1. The normalized spacial score (nSPS) is 14.4. The van der Waals surface area contributed by atoms with E-state index < -0.39 is 0 Å². The Balaban J connectivity index is 2.09. The average molecular weight is 320 g/mol. The quantitative estimate of drug-likeness (QED) is 0.944. The lowest BCUT2D eigenvalue weighted by molar-refractivity contribution is 0.508. The molecule has 2 heterocycles. The Kier molecular flexibility index (Phi) is 3.71. The SMILES string of the molecule is NCCc1c(-c2ccc(Br)cc2)nc2n1CCCC2. The van der Waals surface area contributed by atoms with E-state index in [1.54, 1.807) is 0 Å². The van der Waals surface area contributed by atoms with E-state index in [2.05, 4.69) is 44.8 Å². The van der Waals surface area contributed by atoms with Gasteiger partial charge in [-0.25, -0.2) is 4.98 Å². The van der Waals surface area contributed by atoms with Crippen LogP contribution in [0.1, 0.15) is 24.4 Å². The molecule has 2 aromatic rings. The molecule has 1 aromatic carbocycles. The lowest BCUT2D eigenvalue weighted by atomic mass is 10.1. The molecule has 19 heavy (non-hydrogen) atoms. The third-order valence-corrected chi connectivity index (χ3v) is 4.21. The Bertz CT molecular complexity index is 572. The van der Waals surface area contributed by atoms with Crippen LogP contribution in [0.4, 0.5) is 0 Å². The fourth-order valence-electron chi connectivity index (χ4n) is 2.77. The van der Waals surface area contributed by atoms with Crippen LogP contribution in [0.3, 0.4) is 0 Å². The van der Waals surface area contributed by atoms with E-state index in [9.17, 15) is 0 Å². The number of rotatable bonds is 3. The van der Waals surface area contributed by atoms with E-state index in [-0.39, 0.29) is 0 Å². The fourth-order valence-corrected chi connectivity index (χ4v) is 3.04. The summed E-state index contributed by atoms with van der Waals surface area (Å²) in [5, 5.41) is 0. The standard InChI is InChI=1S/C15H18BrN3/c16-12-6-4-11(5-7-12)15-13(8-9-17)19-10-2-1-3-14(19)18-15/h4-7H,1-3,8-10,17H2. The molecule has 0 unspecified atom stereocenters. The number of halogens is 1. The van der Waals surface area contributed by atoms with Gasteiger partial charge in [-0.2, -0.15) is 0 Å². The Hall–Kier alpha value is -1.13. The maximum atomic E-state index is 5.78. The second-order valence-corrected chi connectivity index (χ2v) is 5.89. The van der Waals surface area contributed by atoms with Gasteiger partial charge in [-0.1, -0.05) is 28.1 Å². The smallest absolute Gasteiger partial charge is 0.109 e. The number of nitrogens with zero attached hydrogens (tertiary/aromatic N) is 2.